The Balaban J connectivity index is 0.00000341. The second-order valence-corrected chi connectivity index (χ2v) is 7.14. The van der Waals surface area contributed by atoms with Crippen LogP contribution in [0.4, 0.5) is 0 Å². The fourth-order valence-electron chi connectivity index (χ4n) is 3.27. The van der Waals surface area contributed by atoms with Crippen molar-refractivity contribution in [3.05, 3.63) is 35.5 Å². The van der Waals surface area contributed by atoms with Crippen molar-refractivity contribution >= 4 is 24.2 Å². The second-order valence-electron chi connectivity index (χ2n) is 7.14. The normalized spacial score (nSPS) is 12.7. The summed E-state index contributed by atoms with van der Waals surface area (Å²) < 4.78 is 21.4. The van der Waals surface area contributed by atoms with Gasteiger partial charge in [-0.15, -0.1) is 12.4 Å². The van der Waals surface area contributed by atoms with Crippen LogP contribution in [0.15, 0.2) is 22.7 Å². The van der Waals surface area contributed by atoms with Crippen LogP contribution in [0.5, 0.6) is 11.5 Å². The Bertz CT molecular complexity index is 873. The first kappa shape index (κ1) is 24.5. The summed E-state index contributed by atoms with van der Waals surface area (Å²) in [5, 5.41) is 14.4. The number of nitrogens with one attached hydrogen (secondary N) is 2. The molecule has 0 saturated heterocycles. The maximum Gasteiger partial charge on any atom is 0.306 e. The van der Waals surface area contributed by atoms with E-state index in [-0.39, 0.29) is 37.5 Å². The lowest BCUT2D eigenvalue weighted by molar-refractivity contribution is -0.143. The first-order chi connectivity index (χ1) is 14.5. The summed E-state index contributed by atoms with van der Waals surface area (Å²) in [6.45, 7) is 4.80. The summed E-state index contributed by atoms with van der Waals surface area (Å²) in [6, 6.07) is 5.66. The zero-order valence-electron chi connectivity index (χ0n) is 17.8. The molecular weight excluding hydrogens is 424 g/mol. The zero-order valence-corrected chi connectivity index (χ0v) is 18.6. The Morgan fingerprint density at radius 3 is 2.87 bits per heavy atom. The van der Waals surface area contributed by atoms with E-state index < -0.39 is 0 Å². The molecule has 0 spiro atoms. The minimum absolute atomic E-state index is 0. The van der Waals surface area contributed by atoms with Crippen LogP contribution in [0.2, 0.25) is 0 Å². The number of aromatic nitrogens is 2. The Hall–Kier alpha value is -2.81. The number of hydrogen-bond acceptors (Lipinski definition) is 8. The highest BCUT2D eigenvalue weighted by molar-refractivity contribution is 5.85. The molecule has 1 atom stereocenters. The first-order valence-corrected chi connectivity index (χ1v) is 10.2. The van der Waals surface area contributed by atoms with Crippen LogP contribution in [0.3, 0.4) is 0 Å². The highest BCUT2D eigenvalue weighted by atomic mass is 35.5. The van der Waals surface area contributed by atoms with Crippen molar-refractivity contribution in [3.63, 3.8) is 0 Å². The van der Waals surface area contributed by atoms with E-state index in [1.165, 1.54) is 0 Å². The van der Waals surface area contributed by atoms with Gasteiger partial charge in [-0.05, 0) is 44.4 Å². The van der Waals surface area contributed by atoms with Crippen LogP contribution in [-0.4, -0.2) is 41.9 Å². The molecule has 1 aromatic heterocycles. The maximum atomic E-state index is 12.1. The van der Waals surface area contributed by atoms with Crippen molar-refractivity contribution in [3.8, 4) is 11.5 Å². The number of rotatable bonds is 11. The Labute approximate surface area is 187 Å². The molecule has 0 radical (unpaired) electrons. The number of unbranched alkanes of at least 4 members (excludes halogenated alkanes) is 1. The molecule has 1 aromatic carbocycles. The van der Waals surface area contributed by atoms with Gasteiger partial charge in [-0.25, -0.2) is 0 Å². The van der Waals surface area contributed by atoms with Gasteiger partial charge in [-0.3, -0.25) is 10.2 Å². The van der Waals surface area contributed by atoms with Gasteiger partial charge in [0.15, 0.2) is 17.3 Å². The van der Waals surface area contributed by atoms with Crippen molar-refractivity contribution in [1.82, 2.24) is 15.5 Å². The Morgan fingerprint density at radius 1 is 1.29 bits per heavy atom. The number of aryl methyl sites for hydroxylation is 1. The van der Waals surface area contributed by atoms with Gasteiger partial charge in [0.2, 0.25) is 12.7 Å². The molecule has 1 unspecified atom stereocenters. The van der Waals surface area contributed by atoms with E-state index in [1.807, 2.05) is 18.2 Å². The van der Waals surface area contributed by atoms with Crippen LogP contribution in [0, 0.1) is 5.41 Å². The third-order valence-corrected chi connectivity index (χ3v) is 4.73. The number of halogens is 1. The van der Waals surface area contributed by atoms with Crippen LogP contribution in [-0.2, 0) is 22.4 Å². The molecule has 2 heterocycles. The van der Waals surface area contributed by atoms with E-state index >= 15 is 0 Å². The van der Waals surface area contributed by atoms with E-state index in [9.17, 15) is 4.79 Å². The molecular formula is C21H29ClN4O5. The number of benzene rings is 1. The third-order valence-electron chi connectivity index (χ3n) is 4.73. The molecule has 0 bridgehead atoms. The topological polar surface area (TPSA) is 120 Å². The number of nitrogens with zero attached hydrogens (tertiary/aromatic N) is 2. The lowest BCUT2D eigenvalue weighted by Crippen LogP contribution is -2.20. The third kappa shape index (κ3) is 7.43. The smallest absolute Gasteiger partial charge is 0.306 e. The van der Waals surface area contributed by atoms with Gasteiger partial charge < -0.3 is 24.1 Å². The van der Waals surface area contributed by atoms with Crippen molar-refractivity contribution < 1.29 is 23.5 Å². The molecule has 1 aliphatic rings. The van der Waals surface area contributed by atoms with E-state index in [4.69, 9.17) is 24.1 Å². The number of carbonyl (C=O) groups excluding carboxylic acids is 1. The van der Waals surface area contributed by atoms with E-state index in [2.05, 4.69) is 15.5 Å². The van der Waals surface area contributed by atoms with Crippen molar-refractivity contribution in [2.45, 2.75) is 51.9 Å². The summed E-state index contributed by atoms with van der Waals surface area (Å²) in [7, 11) is 0. The largest absolute Gasteiger partial charge is 0.466 e. The van der Waals surface area contributed by atoms with Crippen molar-refractivity contribution in [2.75, 3.05) is 19.9 Å². The predicted octanol–water partition coefficient (Wildman–Crippen LogP) is 3.41. The highest BCUT2D eigenvalue weighted by Gasteiger charge is 2.23. The molecule has 2 N–H and O–H groups in total. The Morgan fingerprint density at radius 2 is 2.10 bits per heavy atom. The van der Waals surface area contributed by atoms with Gasteiger partial charge in [0, 0.05) is 25.3 Å². The van der Waals surface area contributed by atoms with Crippen LogP contribution >= 0.6 is 12.4 Å². The summed E-state index contributed by atoms with van der Waals surface area (Å²) in [5.74, 6) is 2.53. The van der Waals surface area contributed by atoms with Crippen molar-refractivity contribution in [1.29, 1.82) is 5.41 Å². The first-order valence-electron chi connectivity index (χ1n) is 10.2. The fraction of sp³-hybridized carbons (Fsp3) is 0.524. The molecule has 1 aliphatic heterocycles. The highest BCUT2D eigenvalue weighted by Crippen LogP contribution is 2.36. The minimum atomic E-state index is -0.270. The standard InChI is InChI=1S/C21H28N4O5.ClH/c1-3-27-21(26)12-16(15-7-8-17-18(10-15)29-13-28-17)11-20-24-19(25-30-20)6-4-5-9-23-14(2)22;/h7-8,10,16H,3-6,9,11-13H2,1-2H3,(H2,22,23);1H. The number of hydrogen-bond donors (Lipinski definition) is 2. The summed E-state index contributed by atoms with van der Waals surface area (Å²) in [4.78, 5) is 16.6. The van der Waals surface area contributed by atoms with E-state index in [0.717, 1.165) is 24.9 Å². The molecule has 0 aliphatic carbocycles. The minimum Gasteiger partial charge on any atom is -0.466 e. The number of ether oxygens (including phenoxy) is 3. The van der Waals surface area contributed by atoms with E-state index in [0.29, 0.717) is 48.5 Å². The van der Waals surface area contributed by atoms with Crippen LogP contribution in [0.25, 0.3) is 0 Å². The molecule has 0 amide bonds. The second kappa shape index (κ2) is 12.1. The molecule has 0 saturated carbocycles. The molecule has 170 valence electrons. The number of fused-ring (bicyclic) bond motifs is 1. The molecule has 0 fully saturated rings. The fourth-order valence-corrected chi connectivity index (χ4v) is 3.27. The number of esters is 1. The average molecular weight is 453 g/mol. The maximum absolute atomic E-state index is 12.1. The van der Waals surface area contributed by atoms with Crippen LogP contribution in [0.1, 0.15) is 56.3 Å². The van der Waals surface area contributed by atoms with Crippen molar-refractivity contribution in [2.24, 2.45) is 0 Å². The van der Waals surface area contributed by atoms with Gasteiger partial charge in [0.1, 0.15) is 0 Å². The quantitative estimate of drug-likeness (QED) is 0.230. The SMILES string of the molecule is CCOC(=O)CC(Cc1nc(CCCCNC(C)=N)no1)c1ccc2c(c1)OCO2.Cl. The molecule has 9 nitrogen and oxygen atoms in total. The number of amidine groups is 1. The van der Waals surface area contributed by atoms with Crippen LogP contribution < -0.4 is 14.8 Å². The molecule has 10 heteroatoms. The Kier molecular flexibility index (Phi) is 9.58. The lowest BCUT2D eigenvalue weighted by Gasteiger charge is -2.15. The van der Waals surface area contributed by atoms with E-state index in [1.54, 1.807) is 13.8 Å². The van der Waals surface area contributed by atoms with Gasteiger partial charge in [-0.2, -0.15) is 4.98 Å². The van der Waals surface area contributed by atoms with Gasteiger partial charge in [-0.1, -0.05) is 11.2 Å². The predicted molar refractivity (Wildman–Crippen MR) is 116 cm³/mol. The van der Waals surface area contributed by atoms with Gasteiger partial charge in [0.25, 0.3) is 0 Å². The zero-order chi connectivity index (χ0) is 21.3. The lowest BCUT2D eigenvalue weighted by atomic mass is 9.92. The summed E-state index contributed by atoms with van der Waals surface area (Å²) in [5.41, 5.74) is 0.931. The van der Waals surface area contributed by atoms with Gasteiger partial charge >= 0.3 is 5.97 Å². The summed E-state index contributed by atoms with van der Waals surface area (Å²) >= 11 is 0. The van der Waals surface area contributed by atoms with Gasteiger partial charge in [0.05, 0.1) is 18.9 Å². The average Bonchev–Trinajstić information content (AvgIpc) is 3.35. The molecule has 3 rings (SSSR count). The monoisotopic (exact) mass is 452 g/mol. The molecule has 31 heavy (non-hydrogen) atoms. The summed E-state index contributed by atoms with van der Waals surface area (Å²) in [6.07, 6.45) is 3.16. The number of carbonyl (C=O) groups is 1. The molecule has 2 aromatic rings.